The van der Waals surface area contributed by atoms with Crippen LogP contribution in [0.2, 0.25) is 10.0 Å². The quantitative estimate of drug-likeness (QED) is 0.813. The van der Waals surface area contributed by atoms with Gasteiger partial charge in [0.2, 0.25) is 10.0 Å². The number of halogens is 2. The number of benzene rings is 1. The van der Waals surface area contributed by atoms with Crippen LogP contribution in [0.1, 0.15) is 13.8 Å². The van der Waals surface area contributed by atoms with Gasteiger partial charge >= 0.3 is 0 Å². The molecule has 0 atom stereocenters. The molecule has 0 bridgehead atoms. The molecular weight excluding hydrogens is 347 g/mol. The van der Waals surface area contributed by atoms with Crippen molar-refractivity contribution in [3.8, 4) is 17.1 Å². The SMILES string of the molecule is CC(C)COc1c(Cl)cc(-c2nccn2S(C)(=O)=O)cc1Cl. The topological polar surface area (TPSA) is 61.2 Å². The zero-order chi connectivity index (χ0) is 16.5. The van der Waals surface area contributed by atoms with Gasteiger partial charge in [-0.05, 0) is 18.1 Å². The number of imidazole rings is 1. The Kier molecular flexibility index (Phi) is 5.04. The molecule has 2 aromatic rings. The summed E-state index contributed by atoms with van der Waals surface area (Å²) in [6.45, 7) is 4.51. The highest BCUT2D eigenvalue weighted by Crippen LogP contribution is 2.37. The van der Waals surface area contributed by atoms with Gasteiger partial charge in [-0.1, -0.05) is 37.0 Å². The molecule has 0 spiro atoms. The summed E-state index contributed by atoms with van der Waals surface area (Å²) in [4.78, 5) is 4.06. The molecule has 0 fully saturated rings. The third-order valence-corrected chi connectivity index (χ3v) is 4.35. The highest BCUT2D eigenvalue weighted by Gasteiger charge is 2.17. The molecule has 0 aliphatic rings. The second-order valence-corrected chi connectivity index (χ2v) is 7.96. The Morgan fingerprint density at radius 3 is 2.36 bits per heavy atom. The summed E-state index contributed by atoms with van der Waals surface area (Å²) in [5, 5.41) is 0.623. The van der Waals surface area contributed by atoms with Gasteiger partial charge in [-0.3, -0.25) is 0 Å². The molecule has 0 saturated carbocycles. The van der Waals surface area contributed by atoms with Crippen molar-refractivity contribution in [1.29, 1.82) is 0 Å². The molecule has 1 aromatic carbocycles. The predicted molar refractivity (Wildman–Crippen MR) is 88.3 cm³/mol. The molecule has 120 valence electrons. The molecule has 2 rings (SSSR count). The number of nitrogens with zero attached hydrogens (tertiary/aromatic N) is 2. The predicted octanol–water partition coefficient (Wildman–Crippen LogP) is 3.70. The molecular formula is C14H16Cl2N2O3S. The number of hydrogen-bond donors (Lipinski definition) is 0. The van der Waals surface area contributed by atoms with E-state index in [1.165, 1.54) is 12.4 Å². The summed E-state index contributed by atoms with van der Waals surface area (Å²) in [6, 6.07) is 3.18. The normalized spacial score (nSPS) is 11.9. The van der Waals surface area contributed by atoms with Gasteiger partial charge in [0.1, 0.15) is 0 Å². The van der Waals surface area contributed by atoms with Crippen LogP contribution in [0.3, 0.4) is 0 Å². The maximum Gasteiger partial charge on any atom is 0.237 e. The van der Waals surface area contributed by atoms with E-state index in [-0.39, 0.29) is 5.82 Å². The Balaban J connectivity index is 2.46. The molecule has 1 aromatic heterocycles. The lowest BCUT2D eigenvalue weighted by molar-refractivity contribution is 0.271. The zero-order valence-electron chi connectivity index (χ0n) is 12.4. The summed E-state index contributed by atoms with van der Waals surface area (Å²) in [6.07, 6.45) is 3.87. The number of rotatable bonds is 5. The van der Waals surface area contributed by atoms with Crippen LogP contribution in [0.25, 0.3) is 11.4 Å². The number of hydrogen-bond acceptors (Lipinski definition) is 4. The molecule has 1 heterocycles. The Bertz CT molecular complexity index is 762. The maximum atomic E-state index is 11.7. The summed E-state index contributed by atoms with van der Waals surface area (Å²) in [7, 11) is -3.46. The van der Waals surface area contributed by atoms with Gasteiger partial charge in [0.05, 0.1) is 22.9 Å². The lowest BCUT2D eigenvalue weighted by atomic mass is 10.2. The van der Waals surface area contributed by atoms with Gasteiger partial charge in [0.25, 0.3) is 0 Å². The Hall–Kier alpha value is -1.24. The van der Waals surface area contributed by atoms with Gasteiger partial charge in [0.15, 0.2) is 11.6 Å². The van der Waals surface area contributed by atoms with Crippen LogP contribution in [0.15, 0.2) is 24.5 Å². The first-order chi connectivity index (χ1) is 10.2. The van der Waals surface area contributed by atoms with Crippen molar-refractivity contribution in [2.75, 3.05) is 12.9 Å². The molecule has 0 N–H and O–H groups in total. The van der Waals surface area contributed by atoms with E-state index in [1.807, 2.05) is 13.8 Å². The summed E-state index contributed by atoms with van der Waals surface area (Å²) in [5.41, 5.74) is 0.502. The highest BCUT2D eigenvalue weighted by atomic mass is 35.5. The van der Waals surface area contributed by atoms with E-state index in [9.17, 15) is 8.42 Å². The number of ether oxygens (including phenoxy) is 1. The maximum absolute atomic E-state index is 11.7. The lowest BCUT2D eigenvalue weighted by Gasteiger charge is -2.13. The van der Waals surface area contributed by atoms with Crippen molar-refractivity contribution in [2.45, 2.75) is 13.8 Å². The first-order valence-electron chi connectivity index (χ1n) is 6.56. The van der Waals surface area contributed by atoms with Gasteiger partial charge in [0, 0.05) is 18.0 Å². The summed E-state index contributed by atoms with van der Waals surface area (Å²) >= 11 is 12.4. The second kappa shape index (κ2) is 6.48. The van der Waals surface area contributed by atoms with Crippen molar-refractivity contribution in [3.05, 3.63) is 34.6 Å². The molecule has 22 heavy (non-hydrogen) atoms. The minimum absolute atomic E-state index is 0.252. The fourth-order valence-electron chi connectivity index (χ4n) is 1.84. The van der Waals surface area contributed by atoms with Crippen LogP contribution >= 0.6 is 23.2 Å². The van der Waals surface area contributed by atoms with Crippen LogP contribution < -0.4 is 4.74 Å². The van der Waals surface area contributed by atoms with Crippen LogP contribution in [0.5, 0.6) is 5.75 Å². The van der Waals surface area contributed by atoms with Crippen molar-refractivity contribution >= 4 is 33.2 Å². The van der Waals surface area contributed by atoms with Crippen molar-refractivity contribution in [2.24, 2.45) is 5.92 Å². The summed E-state index contributed by atoms with van der Waals surface area (Å²) in [5.74, 6) is 0.968. The monoisotopic (exact) mass is 362 g/mol. The van der Waals surface area contributed by atoms with Gasteiger partial charge < -0.3 is 4.74 Å². The smallest absolute Gasteiger partial charge is 0.237 e. The van der Waals surface area contributed by atoms with Crippen LogP contribution in [-0.2, 0) is 10.0 Å². The fourth-order valence-corrected chi connectivity index (χ4v) is 3.18. The van der Waals surface area contributed by atoms with E-state index < -0.39 is 10.0 Å². The Morgan fingerprint density at radius 1 is 1.27 bits per heavy atom. The van der Waals surface area contributed by atoms with E-state index in [0.717, 1.165) is 10.2 Å². The standard InChI is InChI=1S/C14H16Cl2N2O3S/c1-9(2)8-21-13-11(15)6-10(7-12(13)16)14-17-4-5-18(14)22(3,19)20/h4-7,9H,8H2,1-3H3. The van der Waals surface area contributed by atoms with Crippen LogP contribution in [0.4, 0.5) is 0 Å². The van der Waals surface area contributed by atoms with E-state index in [0.29, 0.717) is 33.9 Å². The molecule has 0 radical (unpaired) electrons. The zero-order valence-corrected chi connectivity index (χ0v) is 14.7. The third kappa shape index (κ3) is 3.74. The molecule has 0 aliphatic carbocycles. The van der Waals surface area contributed by atoms with Gasteiger partial charge in [-0.25, -0.2) is 17.4 Å². The van der Waals surface area contributed by atoms with Gasteiger partial charge in [-0.15, -0.1) is 0 Å². The van der Waals surface area contributed by atoms with E-state index >= 15 is 0 Å². The molecule has 8 heteroatoms. The summed E-state index contributed by atoms with van der Waals surface area (Å²) < 4.78 is 30.1. The van der Waals surface area contributed by atoms with Crippen molar-refractivity contribution in [3.63, 3.8) is 0 Å². The average Bonchev–Trinajstić information content (AvgIpc) is 2.86. The second-order valence-electron chi connectivity index (χ2n) is 5.28. The van der Waals surface area contributed by atoms with Crippen LogP contribution in [-0.4, -0.2) is 30.2 Å². The first kappa shape index (κ1) is 17.1. The van der Waals surface area contributed by atoms with Crippen molar-refractivity contribution < 1.29 is 13.2 Å². The van der Waals surface area contributed by atoms with Crippen LogP contribution in [0, 0.1) is 5.92 Å². The highest BCUT2D eigenvalue weighted by molar-refractivity contribution is 7.89. The third-order valence-electron chi connectivity index (χ3n) is 2.78. The molecule has 5 nitrogen and oxygen atoms in total. The minimum Gasteiger partial charge on any atom is -0.490 e. The number of aromatic nitrogens is 2. The van der Waals surface area contributed by atoms with E-state index in [2.05, 4.69) is 4.98 Å². The Labute approximate surface area is 139 Å². The fraction of sp³-hybridized carbons (Fsp3) is 0.357. The molecule has 0 saturated heterocycles. The largest absolute Gasteiger partial charge is 0.490 e. The van der Waals surface area contributed by atoms with Gasteiger partial charge in [-0.2, -0.15) is 0 Å². The molecule has 0 unspecified atom stereocenters. The van der Waals surface area contributed by atoms with Crippen molar-refractivity contribution in [1.82, 2.24) is 8.96 Å². The molecule has 0 amide bonds. The van der Waals surface area contributed by atoms with E-state index in [4.69, 9.17) is 27.9 Å². The average molecular weight is 363 g/mol. The Morgan fingerprint density at radius 2 is 1.86 bits per heavy atom. The first-order valence-corrected chi connectivity index (χ1v) is 9.16. The molecule has 0 aliphatic heterocycles. The lowest BCUT2D eigenvalue weighted by Crippen LogP contribution is -2.10. The van der Waals surface area contributed by atoms with E-state index in [1.54, 1.807) is 12.1 Å². The minimum atomic E-state index is -3.46.